The van der Waals surface area contributed by atoms with Gasteiger partial charge in [-0.3, -0.25) is 4.99 Å². The zero-order valence-corrected chi connectivity index (χ0v) is 14.6. The van der Waals surface area contributed by atoms with Gasteiger partial charge in [0.2, 0.25) is 0 Å². The third kappa shape index (κ3) is 4.98. The highest BCUT2D eigenvalue weighted by Crippen LogP contribution is 2.18. The molecule has 0 aromatic carbocycles. The first-order valence-corrected chi connectivity index (χ1v) is 9.06. The summed E-state index contributed by atoms with van der Waals surface area (Å²) in [5, 5.41) is 3.36. The van der Waals surface area contributed by atoms with Gasteiger partial charge in [0.15, 0.2) is 5.96 Å². The summed E-state index contributed by atoms with van der Waals surface area (Å²) in [4.78, 5) is 6.68. The van der Waals surface area contributed by atoms with Crippen molar-refractivity contribution in [3.05, 3.63) is 24.2 Å². The molecule has 2 fully saturated rings. The molecule has 6 nitrogen and oxygen atoms in total. The topological polar surface area (TPSA) is 59.2 Å². The van der Waals surface area contributed by atoms with Gasteiger partial charge in [0, 0.05) is 26.7 Å². The van der Waals surface area contributed by atoms with Gasteiger partial charge in [-0.15, -0.1) is 0 Å². The number of ether oxygens (including phenoxy) is 2. The SMILES string of the molecule is CN=C(NCc1ccco1)N1CCC(OCC2CCCCO2)CC1. The van der Waals surface area contributed by atoms with Crippen LogP contribution in [0.1, 0.15) is 37.9 Å². The van der Waals surface area contributed by atoms with Crippen molar-refractivity contribution >= 4 is 5.96 Å². The van der Waals surface area contributed by atoms with E-state index in [1.54, 1.807) is 6.26 Å². The summed E-state index contributed by atoms with van der Waals surface area (Å²) in [6, 6.07) is 3.87. The predicted octanol–water partition coefficient (Wildman–Crippen LogP) is 2.41. The molecule has 1 unspecified atom stereocenters. The molecule has 24 heavy (non-hydrogen) atoms. The summed E-state index contributed by atoms with van der Waals surface area (Å²) in [5.41, 5.74) is 0. The molecular formula is C18H29N3O3. The lowest BCUT2D eigenvalue weighted by Gasteiger charge is -2.35. The molecule has 0 saturated carbocycles. The van der Waals surface area contributed by atoms with Gasteiger partial charge in [-0.25, -0.2) is 0 Å². The number of nitrogens with zero attached hydrogens (tertiary/aromatic N) is 2. The minimum atomic E-state index is 0.305. The maximum absolute atomic E-state index is 6.08. The molecule has 1 aromatic rings. The lowest BCUT2D eigenvalue weighted by Crippen LogP contribution is -2.47. The van der Waals surface area contributed by atoms with Gasteiger partial charge in [0.25, 0.3) is 0 Å². The number of rotatable bonds is 5. The number of furan rings is 1. The fourth-order valence-corrected chi connectivity index (χ4v) is 3.33. The van der Waals surface area contributed by atoms with Crippen LogP contribution in [0.25, 0.3) is 0 Å². The Morgan fingerprint density at radius 3 is 2.88 bits per heavy atom. The molecule has 0 spiro atoms. The first kappa shape index (κ1) is 17.3. The molecule has 6 heteroatoms. The van der Waals surface area contributed by atoms with Crippen molar-refractivity contribution in [1.82, 2.24) is 10.2 Å². The van der Waals surface area contributed by atoms with E-state index in [-0.39, 0.29) is 0 Å². The van der Waals surface area contributed by atoms with E-state index in [1.807, 2.05) is 19.2 Å². The average Bonchev–Trinajstić information content (AvgIpc) is 3.16. The second-order valence-electron chi connectivity index (χ2n) is 6.49. The molecule has 2 aliphatic heterocycles. The highest BCUT2D eigenvalue weighted by atomic mass is 16.5. The van der Waals surface area contributed by atoms with Gasteiger partial charge in [0.05, 0.1) is 31.6 Å². The van der Waals surface area contributed by atoms with E-state index < -0.39 is 0 Å². The third-order valence-corrected chi connectivity index (χ3v) is 4.75. The smallest absolute Gasteiger partial charge is 0.194 e. The summed E-state index contributed by atoms with van der Waals surface area (Å²) in [7, 11) is 1.83. The zero-order valence-electron chi connectivity index (χ0n) is 14.6. The average molecular weight is 335 g/mol. The van der Waals surface area contributed by atoms with E-state index in [4.69, 9.17) is 13.9 Å². The Balaban J connectivity index is 1.37. The standard InChI is InChI=1S/C18H29N3O3/c1-19-18(20-13-16-6-4-12-22-16)21-9-7-15(8-10-21)24-14-17-5-2-3-11-23-17/h4,6,12,15,17H,2-3,5,7-11,13-14H2,1H3,(H,19,20). The van der Waals surface area contributed by atoms with Gasteiger partial charge in [-0.1, -0.05) is 0 Å². The molecule has 2 saturated heterocycles. The maximum Gasteiger partial charge on any atom is 0.194 e. The highest BCUT2D eigenvalue weighted by Gasteiger charge is 2.23. The molecule has 0 bridgehead atoms. The largest absolute Gasteiger partial charge is 0.467 e. The van der Waals surface area contributed by atoms with Crippen molar-refractivity contribution in [2.45, 2.75) is 50.9 Å². The lowest BCUT2D eigenvalue weighted by atomic mass is 10.1. The van der Waals surface area contributed by atoms with Crippen molar-refractivity contribution in [3.63, 3.8) is 0 Å². The molecule has 3 heterocycles. The number of likely N-dealkylation sites (tertiary alicyclic amines) is 1. The predicted molar refractivity (Wildman–Crippen MR) is 93.0 cm³/mol. The summed E-state index contributed by atoms with van der Waals surface area (Å²) >= 11 is 0. The number of hydrogen-bond donors (Lipinski definition) is 1. The minimum Gasteiger partial charge on any atom is -0.467 e. The highest BCUT2D eigenvalue weighted by molar-refractivity contribution is 5.79. The number of nitrogens with one attached hydrogen (secondary N) is 1. The van der Waals surface area contributed by atoms with E-state index in [9.17, 15) is 0 Å². The lowest BCUT2D eigenvalue weighted by molar-refractivity contribution is -0.0721. The molecule has 134 valence electrons. The van der Waals surface area contributed by atoms with Crippen LogP contribution < -0.4 is 5.32 Å². The number of aliphatic imine (C=N–C) groups is 1. The van der Waals surface area contributed by atoms with Crippen molar-refractivity contribution in [1.29, 1.82) is 0 Å². The fourth-order valence-electron chi connectivity index (χ4n) is 3.33. The molecule has 0 amide bonds. The maximum atomic E-state index is 6.08. The van der Waals surface area contributed by atoms with E-state index in [0.717, 1.165) is 57.3 Å². The van der Waals surface area contributed by atoms with Crippen LogP contribution in [0.4, 0.5) is 0 Å². The number of hydrogen-bond acceptors (Lipinski definition) is 4. The van der Waals surface area contributed by atoms with Crippen LogP contribution in [-0.4, -0.2) is 56.4 Å². The molecular weight excluding hydrogens is 306 g/mol. The molecule has 1 atom stereocenters. The number of piperidine rings is 1. The van der Waals surface area contributed by atoms with Gasteiger partial charge in [0.1, 0.15) is 5.76 Å². The van der Waals surface area contributed by atoms with Gasteiger partial charge < -0.3 is 24.1 Å². The Bertz CT molecular complexity index is 490. The Morgan fingerprint density at radius 1 is 1.33 bits per heavy atom. The summed E-state index contributed by atoms with van der Waals surface area (Å²) in [6.07, 6.45) is 8.02. The van der Waals surface area contributed by atoms with E-state index in [2.05, 4.69) is 15.2 Å². The first-order valence-electron chi connectivity index (χ1n) is 9.06. The molecule has 0 radical (unpaired) electrons. The Morgan fingerprint density at radius 2 is 2.21 bits per heavy atom. The molecule has 3 rings (SSSR count). The van der Waals surface area contributed by atoms with Crippen LogP contribution >= 0.6 is 0 Å². The minimum absolute atomic E-state index is 0.305. The molecule has 1 N–H and O–H groups in total. The van der Waals surface area contributed by atoms with Crippen LogP contribution in [0.2, 0.25) is 0 Å². The van der Waals surface area contributed by atoms with E-state index in [1.165, 1.54) is 12.8 Å². The van der Waals surface area contributed by atoms with Gasteiger partial charge in [-0.05, 0) is 44.2 Å². The van der Waals surface area contributed by atoms with Crippen molar-refractivity contribution < 1.29 is 13.9 Å². The Labute approximate surface area is 144 Å². The Hall–Kier alpha value is -1.53. The first-order chi connectivity index (χ1) is 11.8. The summed E-state index contributed by atoms with van der Waals surface area (Å²) in [6.45, 7) is 4.23. The quantitative estimate of drug-likeness (QED) is 0.661. The van der Waals surface area contributed by atoms with Crippen LogP contribution in [0.3, 0.4) is 0 Å². The summed E-state index contributed by atoms with van der Waals surface area (Å²) in [5.74, 6) is 1.85. The van der Waals surface area contributed by atoms with Gasteiger partial charge in [-0.2, -0.15) is 0 Å². The monoisotopic (exact) mass is 335 g/mol. The Kier molecular flexibility index (Phi) is 6.55. The van der Waals surface area contributed by atoms with Gasteiger partial charge >= 0.3 is 0 Å². The zero-order chi connectivity index (χ0) is 16.6. The second kappa shape index (κ2) is 9.08. The van der Waals surface area contributed by atoms with Crippen molar-refractivity contribution in [2.24, 2.45) is 4.99 Å². The summed E-state index contributed by atoms with van der Waals surface area (Å²) < 4.78 is 17.2. The molecule has 2 aliphatic rings. The van der Waals surface area contributed by atoms with Crippen LogP contribution in [0, 0.1) is 0 Å². The normalized spacial score (nSPS) is 23.5. The van der Waals surface area contributed by atoms with Crippen LogP contribution in [0.5, 0.6) is 0 Å². The molecule has 1 aromatic heterocycles. The fraction of sp³-hybridized carbons (Fsp3) is 0.722. The number of guanidine groups is 1. The van der Waals surface area contributed by atoms with Crippen LogP contribution in [0.15, 0.2) is 27.8 Å². The van der Waals surface area contributed by atoms with Crippen molar-refractivity contribution in [2.75, 3.05) is 33.4 Å². The van der Waals surface area contributed by atoms with Crippen LogP contribution in [-0.2, 0) is 16.0 Å². The second-order valence-corrected chi connectivity index (χ2v) is 6.49. The van der Waals surface area contributed by atoms with E-state index >= 15 is 0 Å². The third-order valence-electron chi connectivity index (χ3n) is 4.75. The van der Waals surface area contributed by atoms with E-state index in [0.29, 0.717) is 18.8 Å². The van der Waals surface area contributed by atoms with Crippen molar-refractivity contribution in [3.8, 4) is 0 Å². The molecule has 0 aliphatic carbocycles.